The monoisotopic (exact) mass is 326 g/mol. The molecular formula is C17H18N4OS. The topological polar surface area (TPSA) is 66.2 Å². The number of nitriles is 1. The minimum absolute atomic E-state index is 0.0493. The van der Waals surface area contributed by atoms with E-state index in [2.05, 4.69) is 22.9 Å². The molecule has 0 spiro atoms. The smallest absolute Gasteiger partial charge is 0.189 e. The van der Waals surface area contributed by atoms with Crippen LogP contribution in [0.15, 0.2) is 28.0 Å². The Morgan fingerprint density at radius 3 is 2.70 bits per heavy atom. The molecule has 2 aromatic rings. The van der Waals surface area contributed by atoms with E-state index in [0.717, 1.165) is 34.0 Å². The molecule has 2 rings (SSSR count). The van der Waals surface area contributed by atoms with Crippen LogP contribution in [0.25, 0.3) is 4.85 Å². The van der Waals surface area contributed by atoms with Crippen LogP contribution in [-0.2, 0) is 19.4 Å². The van der Waals surface area contributed by atoms with Gasteiger partial charge in [0.2, 0.25) is 0 Å². The molecule has 0 aliphatic heterocycles. The highest BCUT2D eigenvalue weighted by atomic mass is 32.2. The molecule has 0 fully saturated rings. The average Bonchev–Trinajstić information content (AvgIpc) is 2.91. The van der Waals surface area contributed by atoms with Gasteiger partial charge in [0.15, 0.2) is 5.69 Å². The summed E-state index contributed by atoms with van der Waals surface area (Å²) in [6.45, 7) is 11.8. The molecule has 0 unspecified atom stereocenters. The summed E-state index contributed by atoms with van der Waals surface area (Å²) < 4.78 is 1.85. The van der Waals surface area contributed by atoms with E-state index in [9.17, 15) is 5.11 Å². The summed E-state index contributed by atoms with van der Waals surface area (Å²) in [5.41, 5.74) is 3.00. The Morgan fingerprint density at radius 1 is 1.35 bits per heavy atom. The van der Waals surface area contributed by atoms with Crippen LogP contribution >= 0.6 is 11.8 Å². The van der Waals surface area contributed by atoms with E-state index in [0.29, 0.717) is 17.8 Å². The summed E-state index contributed by atoms with van der Waals surface area (Å²) in [7, 11) is 0. The number of aliphatic hydroxyl groups excluding tert-OH is 1. The van der Waals surface area contributed by atoms with Gasteiger partial charge < -0.3 is 5.11 Å². The van der Waals surface area contributed by atoms with Crippen molar-refractivity contribution in [2.75, 3.05) is 6.61 Å². The molecule has 6 heteroatoms. The van der Waals surface area contributed by atoms with Crippen LogP contribution in [-0.4, -0.2) is 21.5 Å². The van der Waals surface area contributed by atoms with Gasteiger partial charge in [0.05, 0.1) is 42.1 Å². The first kappa shape index (κ1) is 17.1. The summed E-state index contributed by atoms with van der Waals surface area (Å²) in [6, 6.07) is 7.28. The normalized spacial score (nSPS) is 10.3. The van der Waals surface area contributed by atoms with Gasteiger partial charge in [0.1, 0.15) is 0 Å². The van der Waals surface area contributed by atoms with Gasteiger partial charge in [0.25, 0.3) is 0 Å². The van der Waals surface area contributed by atoms with Crippen LogP contribution in [0.3, 0.4) is 0 Å². The van der Waals surface area contributed by atoms with E-state index >= 15 is 0 Å². The van der Waals surface area contributed by atoms with E-state index in [-0.39, 0.29) is 6.61 Å². The SMILES string of the molecule is [C-]#[N+]c1cc(C#N)cc(Sc2c(CC)nn(CCO)c2CC)c1. The number of hydrogen-bond acceptors (Lipinski definition) is 4. The number of aryl methyl sites for hydroxylation is 1. The van der Waals surface area contributed by atoms with Crippen LogP contribution < -0.4 is 0 Å². The predicted molar refractivity (Wildman–Crippen MR) is 89.6 cm³/mol. The molecule has 1 aromatic carbocycles. The molecule has 0 saturated carbocycles. The first-order valence-corrected chi connectivity index (χ1v) is 8.28. The van der Waals surface area contributed by atoms with Crippen molar-refractivity contribution >= 4 is 17.4 Å². The van der Waals surface area contributed by atoms with E-state index in [1.54, 1.807) is 18.2 Å². The Bertz CT molecular complexity index is 751. The summed E-state index contributed by atoms with van der Waals surface area (Å²) in [4.78, 5) is 5.36. The van der Waals surface area contributed by atoms with Crippen molar-refractivity contribution in [2.24, 2.45) is 0 Å². The van der Waals surface area contributed by atoms with Gasteiger partial charge in [-0.3, -0.25) is 4.68 Å². The number of aliphatic hydroxyl groups is 1. The molecule has 0 bridgehead atoms. The first-order valence-electron chi connectivity index (χ1n) is 7.46. The number of hydrogen-bond donors (Lipinski definition) is 1. The highest BCUT2D eigenvalue weighted by Gasteiger charge is 2.17. The Morgan fingerprint density at radius 2 is 2.13 bits per heavy atom. The average molecular weight is 326 g/mol. The minimum Gasteiger partial charge on any atom is -0.394 e. The fourth-order valence-electron chi connectivity index (χ4n) is 2.40. The highest BCUT2D eigenvalue weighted by molar-refractivity contribution is 7.99. The lowest BCUT2D eigenvalue weighted by atomic mass is 10.2. The third kappa shape index (κ3) is 3.73. The predicted octanol–water partition coefficient (Wildman–Crippen LogP) is 3.57. The second-order valence-electron chi connectivity index (χ2n) is 4.92. The molecule has 23 heavy (non-hydrogen) atoms. The molecule has 0 radical (unpaired) electrons. The molecular weight excluding hydrogens is 308 g/mol. The van der Waals surface area contributed by atoms with E-state index in [4.69, 9.17) is 11.8 Å². The van der Waals surface area contributed by atoms with E-state index in [1.807, 2.05) is 11.6 Å². The van der Waals surface area contributed by atoms with Crippen LogP contribution in [0.5, 0.6) is 0 Å². The molecule has 118 valence electrons. The van der Waals surface area contributed by atoms with Crippen molar-refractivity contribution in [2.45, 2.75) is 43.0 Å². The third-order valence-electron chi connectivity index (χ3n) is 3.43. The third-order valence-corrected chi connectivity index (χ3v) is 4.57. The number of nitrogens with zero attached hydrogens (tertiary/aromatic N) is 4. The summed E-state index contributed by atoms with van der Waals surface area (Å²) in [6.07, 6.45) is 1.60. The minimum atomic E-state index is 0.0493. The fourth-order valence-corrected chi connectivity index (χ4v) is 3.67. The lowest BCUT2D eigenvalue weighted by Crippen LogP contribution is -2.07. The first-order chi connectivity index (χ1) is 11.2. The molecule has 1 aromatic heterocycles. The molecule has 1 heterocycles. The molecule has 5 nitrogen and oxygen atoms in total. The van der Waals surface area contributed by atoms with E-state index < -0.39 is 0 Å². The van der Waals surface area contributed by atoms with Crippen molar-refractivity contribution in [3.63, 3.8) is 0 Å². The van der Waals surface area contributed by atoms with Crippen LogP contribution in [0.4, 0.5) is 5.69 Å². The van der Waals surface area contributed by atoms with Gasteiger partial charge in [-0.25, -0.2) is 4.85 Å². The standard InChI is InChI=1S/C17H18N4OS/c1-4-15-17(16(5-2)21(20-15)6-7-22)23-14-9-12(11-18)8-13(10-14)19-3/h8-10,22H,4-7H2,1-2H3. The van der Waals surface area contributed by atoms with Gasteiger partial charge in [-0.2, -0.15) is 10.4 Å². The van der Waals surface area contributed by atoms with Crippen molar-refractivity contribution in [3.05, 3.63) is 46.6 Å². The van der Waals surface area contributed by atoms with Gasteiger partial charge in [0, 0.05) is 10.5 Å². The van der Waals surface area contributed by atoms with Crippen LogP contribution in [0.1, 0.15) is 30.8 Å². The second-order valence-corrected chi connectivity index (χ2v) is 6.00. The molecule has 0 aliphatic rings. The maximum Gasteiger partial charge on any atom is 0.189 e. The van der Waals surface area contributed by atoms with Crippen molar-refractivity contribution in [1.82, 2.24) is 9.78 Å². The zero-order chi connectivity index (χ0) is 16.8. The summed E-state index contributed by atoms with van der Waals surface area (Å²) >= 11 is 1.54. The lowest BCUT2D eigenvalue weighted by Gasteiger charge is -2.07. The molecule has 0 aliphatic carbocycles. The van der Waals surface area contributed by atoms with Crippen molar-refractivity contribution < 1.29 is 5.11 Å². The zero-order valence-electron chi connectivity index (χ0n) is 13.2. The molecule has 0 atom stereocenters. The van der Waals surface area contributed by atoms with Gasteiger partial charge >= 0.3 is 0 Å². The molecule has 0 saturated heterocycles. The maximum atomic E-state index is 9.20. The highest BCUT2D eigenvalue weighted by Crippen LogP contribution is 2.36. The van der Waals surface area contributed by atoms with E-state index in [1.165, 1.54) is 11.8 Å². The largest absolute Gasteiger partial charge is 0.394 e. The Balaban J connectivity index is 2.47. The Labute approximate surface area is 140 Å². The number of rotatable bonds is 6. The van der Waals surface area contributed by atoms with Gasteiger partial charge in [-0.1, -0.05) is 25.6 Å². The van der Waals surface area contributed by atoms with Crippen LogP contribution in [0.2, 0.25) is 0 Å². The Kier molecular flexibility index (Phi) is 5.81. The van der Waals surface area contributed by atoms with Crippen molar-refractivity contribution in [3.8, 4) is 6.07 Å². The quantitative estimate of drug-likeness (QED) is 0.824. The second kappa shape index (κ2) is 7.82. The maximum absolute atomic E-state index is 9.20. The van der Waals surface area contributed by atoms with Crippen molar-refractivity contribution in [1.29, 1.82) is 5.26 Å². The number of benzene rings is 1. The summed E-state index contributed by atoms with van der Waals surface area (Å²) in [5, 5.41) is 22.9. The molecule has 1 N–H and O–H groups in total. The van der Waals surface area contributed by atoms with Crippen LogP contribution in [0, 0.1) is 17.9 Å². The Hall–Kier alpha value is -2.28. The summed E-state index contributed by atoms with van der Waals surface area (Å²) in [5.74, 6) is 0. The van der Waals surface area contributed by atoms with Gasteiger partial charge in [-0.05, 0) is 31.0 Å². The fraction of sp³-hybridized carbons (Fsp3) is 0.353. The van der Waals surface area contributed by atoms with Gasteiger partial charge in [-0.15, -0.1) is 0 Å². The molecule has 0 amide bonds. The zero-order valence-corrected chi connectivity index (χ0v) is 14.0. The number of aromatic nitrogens is 2. The lowest BCUT2D eigenvalue weighted by molar-refractivity contribution is 0.267.